The lowest BCUT2D eigenvalue weighted by Crippen LogP contribution is -2.06. The maximum Gasteiger partial charge on any atom is 0.337 e. The molecular formula is C15H16N2O4. The molecule has 6 heteroatoms. The maximum atomic E-state index is 11.1. The van der Waals surface area contributed by atoms with Crippen LogP contribution in [0.5, 0.6) is 11.6 Å². The molecule has 0 saturated carbocycles. The van der Waals surface area contributed by atoms with Crippen molar-refractivity contribution in [2.45, 2.75) is 20.0 Å². The van der Waals surface area contributed by atoms with E-state index >= 15 is 0 Å². The Kier molecular flexibility index (Phi) is 4.37. The third-order valence-electron chi connectivity index (χ3n) is 2.69. The first-order valence-electron chi connectivity index (χ1n) is 6.40. The summed E-state index contributed by atoms with van der Waals surface area (Å²) in [6.45, 7) is 3.83. The van der Waals surface area contributed by atoms with Crippen LogP contribution in [0.2, 0.25) is 0 Å². The molecule has 0 aliphatic rings. The van der Waals surface area contributed by atoms with Gasteiger partial charge in [-0.05, 0) is 26.0 Å². The fourth-order valence-electron chi connectivity index (χ4n) is 1.84. The van der Waals surface area contributed by atoms with Crippen molar-refractivity contribution >= 4 is 5.97 Å². The van der Waals surface area contributed by atoms with Crippen LogP contribution in [0.1, 0.15) is 24.2 Å². The zero-order chi connectivity index (χ0) is 15.4. The number of methoxy groups -OCH3 is 1. The van der Waals surface area contributed by atoms with Crippen molar-refractivity contribution in [3.63, 3.8) is 0 Å². The Balaban J connectivity index is 2.49. The van der Waals surface area contributed by atoms with E-state index in [1.807, 2.05) is 13.8 Å². The number of hydrogen-bond donors (Lipinski definition) is 1. The normalized spacial score (nSPS) is 10.5. The summed E-state index contributed by atoms with van der Waals surface area (Å²) in [6, 6.07) is 3.28. The molecule has 0 aliphatic heterocycles. The minimum absolute atomic E-state index is 0.0208. The smallest absolute Gasteiger partial charge is 0.337 e. The molecule has 2 rings (SSSR count). The number of carboxylic acids is 1. The monoisotopic (exact) mass is 288 g/mol. The van der Waals surface area contributed by atoms with Gasteiger partial charge in [-0.25, -0.2) is 9.78 Å². The Hall–Kier alpha value is -2.63. The molecule has 0 bridgehead atoms. The number of nitrogens with zero attached hydrogens (tertiary/aromatic N) is 2. The van der Waals surface area contributed by atoms with E-state index in [0.29, 0.717) is 22.8 Å². The summed E-state index contributed by atoms with van der Waals surface area (Å²) in [6.07, 6.45) is 4.49. The minimum Gasteiger partial charge on any atom is -0.489 e. The molecule has 0 atom stereocenters. The fraction of sp³-hybridized carbons (Fsp3) is 0.267. The van der Waals surface area contributed by atoms with Gasteiger partial charge in [0.05, 0.1) is 25.0 Å². The molecule has 21 heavy (non-hydrogen) atoms. The molecular weight excluding hydrogens is 272 g/mol. The van der Waals surface area contributed by atoms with Crippen LogP contribution in [0.15, 0.2) is 30.7 Å². The predicted octanol–water partition coefficient (Wildman–Crippen LogP) is 2.64. The Morgan fingerprint density at radius 2 is 2.00 bits per heavy atom. The zero-order valence-electron chi connectivity index (χ0n) is 12.0. The third kappa shape index (κ3) is 3.47. The Labute approximate surface area is 122 Å². The van der Waals surface area contributed by atoms with E-state index < -0.39 is 5.97 Å². The summed E-state index contributed by atoms with van der Waals surface area (Å²) in [5.74, 6) is -0.109. The van der Waals surface area contributed by atoms with Gasteiger partial charge in [0.2, 0.25) is 5.88 Å². The van der Waals surface area contributed by atoms with Gasteiger partial charge in [0.1, 0.15) is 5.75 Å². The highest BCUT2D eigenvalue weighted by Crippen LogP contribution is 2.30. The van der Waals surface area contributed by atoms with E-state index in [-0.39, 0.29) is 11.7 Å². The summed E-state index contributed by atoms with van der Waals surface area (Å²) in [7, 11) is 1.48. The van der Waals surface area contributed by atoms with Crippen LogP contribution in [-0.2, 0) is 0 Å². The van der Waals surface area contributed by atoms with Gasteiger partial charge in [-0.15, -0.1) is 0 Å². The molecule has 1 N–H and O–H groups in total. The second kappa shape index (κ2) is 6.21. The molecule has 0 unspecified atom stereocenters. The highest BCUT2D eigenvalue weighted by Gasteiger charge is 2.13. The quantitative estimate of drug-likeness (QED) is 0.910. The summed E-state index contributed by atoms with van der Waals surface area (Å²) < 4.78 is 10.8. The Morgan fingerprint density at radius 1 is 1.24 bits per heavy atom. The number of rotatable bonds is 5. The molecule has 0 saturated heterocycles. The average molecular weight is 288 g/mol. The number of aromatic carboxylic acids is 1. The van der Waals surface area contributed by atoms with Crippen molar-refractivity contribution in [3.8, 4) is 22.8 Å². The van der Waals surface area contributed by atoms with Crippen molar-refractivity contribution < 1.29 is 19.4 Å². The van der Waals surface area contributed by atoms with Crippen molar-refractivity contribution in [3.05, 3.63) is 36.3 Å². The van der Waals surface area contributed by atoms with Crippen molar-refractivity contribution in [1.82, 2.24) is 9.97 Å². The van der Waals surface area contributed by atoms with E-state index in [0.717, 1.165) is 0 Å². The third-order valence-corrected chi connectivity index (χ3v) is 2.69. The lowest BCUT2D eigenvalue weighted by atomic mass is 10.1. The average Bonchev–Trinajstić information content (AvgIpc) is 2.46. The van der Waals surface area contributed by atoms with E-state index in [1.54, 1.807) is 18.5 Å². The second-order valence-electron chi connectivity index (χ2n) is 4.66. The Bertz CT molecular complexity index is 656. The topological polar surface area (TPSA) is 81.5 Å². The summed E-state index contributed by atoms with van der Waals surface area (Å²) in [5.41, 5.74) is 1.32. The number of aromatic nitrogens is 2. The lowest BCUT2D eigenvalue weighted by Gasteiger charge is -2.12. The molecule has 2 aromatic rings. The van der Waals surface area contributed by atoms with Crippen LogP contribution in [0.4, 0.5) is 0 Å². The van der Waals surface area contributed by atoms with Gasteiger partial charge >= 0.3 is 5.97 Å². The van der Waals surface area contributed by atoms with E-state index in [2.05, 4.69) is 9.97 Å². The molecule has 2 aromatic heterocycles. The maximum absolute atomic E-state index is 11.1. The van der Waals surface area contributed by atoms with E-state index in [4.69, 9.17) is 14.6 Å². The largest absolute Gasteiger partial charge is 0.489 e. The molecule has 110 valence electrons. The van der Waals surface area contributed by atoms with Gasteiger partial charge < -0.3 is 14.6 Å². The molecule has 0 aromatic carbocycles. The van der Waals surface area contributed by atoms with Crippen molar-refractivity contribution in [1.29, 1.82) is 0 Å². The molecule has 0 amide bonds. The van der Waals surface area contributed by atoms with Crippen LogP contribution < -0.4 is 9.47 Å². The highest BCUT2D eigenvalue weighted by molar-refractivity contribution is 5.89. The SMILES string of the molecule is COc1ncc(C(=O)O)cc1-c1cncc(OC(C)C)c1. The molecule has 0 fully saturated rings. The second-order valence-corrected chi connectivity index (χ2v) is 4.66. The zero-order valence-corrected chi connectivity index (χ0v) is 12.0. The van der Waals surface area contributed by atoms with Gasteiger partial charge in [0, 0.05) is 23.5 Å². The van der Waals surface area contributed by atoms with E-state index in [9.17, 15) is 4.79 Å². The van der Waals surface area contributed by atoms with Gasteiger partial charge in [-0.1, -0.05) is 0 Å². The highest BCUT2D eigenvalue weighted by atomic mass is 16.5. The van der Waals surface area contributed by atoms with Crippen LogP contribution in [0.3, 0.4) is 0 Å². The Morgan fingerprint density at radius 3 is 2.62 bits per heavy atom. The van der Waals surface area contributed by atoms with Crippen LogP contribution >= 0.6 is 0 Å². The van der Waals surface area contributed by atoms with Crippen LogP contribution in [0, 0.1) is 0 Å². The molecule has 0 spiro atoms. The van der Waals surface area contributed by atoms with Gasteiger partial charge in [0.15, 0.2) is 0 Å². The molecule has 6 nitrogen and oxygen atoms in total. The summed E-state index contributed by atoms with van der Waals surface area (Å²) in [4.78, 5) is 19.2. The number of pyridine rings is 2. The minimum atomic E-state index is -1.05. The van der Waals surface area contributed by atoms with Crippen LogP contribution in [0.25, 0.3) is 11.1 Å². The van der Waals surface area contributed by atoms with Crippen LogP contribution in [-0.4, -0.2) is 34.3 Å². The number of ether oxygens (including phenoxy) is 2. The molecule has 0 aliphatic carbocycles. The van der Waals surface area contributed by atoms with Crippen molar-refractivity contribution in [2.75, 3.05) is 7.11 Å². The first-order valence-corrected chi connectivity index (χ1v) is 6.40. The van der Waals surface area contributed by atoms with Gasteiger partial charge in [-0.3, -0.25) is 4.98 Å². The van der Waals surface area contributed by atoms with Crippen molar-refractivity contribution in [2.24, 2.45) is 0 Å². The standard InChI is InChI=1S/C15H16N2O4/c1-9(2)21-12-4-10(6-16-8-12)13-5-11(15(18)19)7-17-14(13)20-3/h4-9H,1-3H3,(H,18,19). The first kappa shape index (κ1) is 14.8. The lowest BCUT2D eigenvalue weighted by molar-refractivity contribution is 0.0696. The van der Waals surface area contributed by atoms with E-state index in [1.165, 1.54) is 19.4 Å². The first-order chi connectivity index (χ1) is 10.0. The van der Waals surface area contributed by atoms with Gasteiger partial charge in [0.25, 0.3) is 0 Å². The number of carboxylic acid groups (broad SMARTS) is 1. The van der Waals surface area contributed by atoms with Gasteiger partial charge in [-0.2, -0.15) is 0 Å². The number of hydrogen-bond acceptors (Lipinski definition) is 5. The number of carbonyl (C=O) groups is 1. The fourth-order valence-corrected chi connectivity index (χ4v) is 1.84. The predicted molar refractivity (Wildman–Crippen MR) is 76.7 cm³/mol. The molecule has 2 heterocycles. The summed E-state index contributed by atoms with van der Waals surface area (Å²) in [5, 5.41) is 9.07. The molecule has 0 radical (unpaired) electrons. The summed E-state index contributed by atoms with van der Waals surface area (Å²) >= 11 is 0.